The first-order chi connectivity index (χ1) is 2.27. The highest BCUT2D eigenvalue weighted by Gasteiger charge is 1.74. The molecule has 0 radical (unpaired) electrons. The summed E-state index contributed by atoms with van der Waals surface area (Å²) in [5.74, 6) is 0. The number of rotatable bonds is 0. The van der Waals surface area contributed by atoms with Gasteiger partial charge in [0.1, 0.15) is 0 Å². The third kappa shape index (κ3) is 3.78. The molecule has 0 aliphatic heterocycles. The largest absolute Gasteiger partial charge is 0.487 e. The molecule has 0 fully saturated rings. The van der Waals surface area contributed by atoms with Crippen LogP contribution < -0.4 is 10.5 Å². The van der Waals surface area contributed by atoms with Gasteiger partial charge in [-0.1, -0.05) is 0 Å². The Morgan fingerprint density at radius 1 is 2.00 bits per heavy atom. The van der Waals surface area contributed by atoms with Gasteiger partial charge in [-0.05, 0) is 0 Å². The van der Waals surface area contributed by atoms with E-state index in [2.05, 4.69) is 18.5 Å². The van der Waals surface area contributed by atoms with Gasteiger partial charge in [0.05, 0.1) is 0 Å². The van der Waals surface area contributed by atoms with E-state index >= 15 is 0 Å². The van der Waals surface area contributed by atoms with Crippen molar-refractivity contribution in [2.75, 3.05) is 0 Å². The third-order valence-corrected chi connectivity index (χ3v) is 0.348. The molecule has 0 aliphatic carbocycles. The molecule has 0 aromatic heterocycles. The van der Waals surface area contributed by atoms with Gasteiger partial charge in [0, 0.05) is 0 Å². The van der Waals surface area contributed by atoms with Crippen molar-refractivity contribution >= 4 is 18.8 Å². The zero-order valence-corrected chi connectivity index (χ0v) is 3.29. The van der Waals surface area contributed by atoms with Crippen LogP contribution in [0.4, 0.5) is 4.79 Å². The Labute approximate surface area is 35.1 Å². The average molecular weight is 92.1 g/mol. The number of primary amides is 2. The summed E-state index contributed by atoms with van der Waals surface area (Å²) in [4.78, 5) is 9.43. The zero-order chi connectivity index (χ0) is 4.28. The van der Waals surface area contributed by atoms with Crippen molar-refractivity contribution in [3.63, 3.8) is 0 Å². The van der Waals surface area contributed by atoms with Crippen molar-refractivity contribution in [3.8, 4) is 0 Å². The number of amides is 2. The predicted molar refractivity (Wildman–Crippen MR) is 18.9 cm³/mol. The minimum absolute atomic E-state index is 0.556. The topological polar surface area (TPSA) is 59.7 Å². The van der Waals surface area contributed by atoms with Crippen molar-refractivity contribution in [1.82, 2.24) is 0 Å². The maximum atomic E-state index is 9.43. The van der Waals surface area contributed by atoms with Crippen LogP contribution in [0, 0.1) is 0 Å². The number of nitrogens with two attached hydrogens (primary N) is 2. The summed E-state index contributed by atoms with van der Waals surface area (Å²) < 4.78 is 0.889. The summed E-state index contributed by atoms with van der Waals surface area (Å²) >= 11 is 4.08. The fourth-order valence-corrected chi connectivity index (χ4v) is 0. The van der Waals surface area contributed by atoms with Gasteiger partial charge < -0.3 is 23.3 Å². The van der Waals surface area contributed by atoms with Crippen LogP contribution in [-0.2, 0) is 12.8 Å². The molecule has 0 spiro atoms. The molecule has 5 heavy (non-hydrogen) atoms. The fraction of sp³-hybridized carbons (Fsp3) is 0. The first-order valence-electron chi connectivity index (χ1n) is 1.02. The fourth-order valence-electron chi connectivity index (χ4n) is 0. The number of urea groups is 1. The van der Waals surface area contributed by atoms with Gasteiger partial charge in [-0.15, -0.1) is 0 Å². The van der Waals surface area contributed by atoms with Crippen LogP contribution in [-0.4, -0.2) is 6.03 Å². The second kappa shape index (κ2) is 2.04. The first kappa shape index (κ1) is 4.78. The van der Waals surface area contributed by atoms with Gasteiger partial charge in [-0.2, -0.15) is 0 Å². The second-order valence-electron chi connectivity index (χ2n) is 0.520. The molecule has 0 aliphatic rings. The van der Waals surface area contributed by atoms with E-state index in [-0.39, 0.29) is 0 Å². The minimum Gasteiger partial charge on any atom is -0.487 e. The first-order valence-corrected chi connectivity index (χ1v) is 1.49. The lowest BCUT2D eigenvalue weighted by Crippen LogP contribution is -2.84. The van der Waals surface area contributed by atoms with Crippen molar-refractivity contribution in [1.29, 1.82) is 0 Å². The highest BCUT2D eigenvalue weighted by atomic mass is 32.1. The van der Waals surface area contributed by atoms with Crippen molar-refractivity contribution < 1.29 is 9.52 Å². The quantitative estimate of drug-likeness (QED) is 0.342. The van der Waals surface area contributed by atoms with E-state index in [1.54, 1.807) is 0 Å². The molecule has 0 atom stereocenters. The Hall–Kier alpha value is -0.220. The van der Waals surface area contributed by atoms with Crippen LogP contribution in [0.2, 0.25) is 0 Å². The highest BCUT2D eigenvalue weighted by Crippen LogP contribution is 1.24. The minimum atomic E-state index is -0.556. The van der Waals surface area contributed by atoms with E-state index in [0.29, 0.717) is 0 Å². The van der Waals surface area contributed by atoms with E-state index in [1.165, 1.54) is 0 Å². The van der Waals surface area contributed by atoms with Gasteiger partial charge in [0.2, 0.25) is 0 Å². The maximum absolute atomic E-state index is 9.43. The predicted octanol–water partition coefficient (Wildman–Crippen LogP) is -1.91. The van der Waals surface area contributed by atoms with Crippen LogP contribution in [0.25, 0.3) is 0 Å². The van der Waals surface area contributed by atoms with Crippen LogP contribution >= 0.6 is 0 Å². The van der Waals surface area contributed by atoms with Gasteiger partial charge in [0.25, 0.3) is 0 Å². The van der Waals surface area contributed by atoms with Gasteiger partial charge in [-0.25, -0.2) is 4.79 Å². The molecule has 30 valence electrons. The molecular formula is CH4N2OS. The molecule has 0 bridgehead atoms. The monoisotopic (exact) mass is 92.0 g/mol. The molecular weight excluding hydrogens is 88.1 g/mol. The van der Waals surface area contributed by atoms with E-state index in [9.17, 15) is 4.79 Å². The van der Waals surface area contributed by atoms with Gasteiger partial charge in [-0.3, -0.25) is 0 Å². The third-order valence-electron chi connectivity index (χ3n) is 0.116. The van der Waals surface area contributed by atoms with Gasteiger partial charge >= 0.3 is 6.03 Å². The summed E-state index contributed by atoms with van der Waals surface area (Å²) in [7, 11) is 0. The Morgan fingerprint density at radius 2 is 2.20 bits per heavy atom. The molecule has 4 N–H and O–H groups in total. The molecule has 4 heteroatoms. The maximum Gasteiger partial charge on any atom is 0.392 e. The number of hydrogen-bond donors (Lipinski definition) is 2. The summed E-state index contributed by atoms with van der Waals surface area (Å²) in [6.07, 6.45) is 0. The molecule has 3 nitrogen and oxygen atoms in total. The molecule has 0 saturated heterocycles. The number of carbonyl (C=O) groups is 1. The number of carbonyl (C=O) groups excluding carboxylic acids is 1. The van der Waals surface area contributed by atoms with Crippen LogP contribution in [0.1, 0.15) is 0 Å². The number of hydrogen-bond acceptors (Lipinski definition) is 2. The highest BCUT2D eigenvalue weighted by molar-refractivity contribution is 7.51. The lowest BCUT2D eigenvalue weighted by atomic mass is 11.2. The summed E-state index contributed by atoms with van der Waals surface area (Å²) in [5.41, 5.74) is 4.49. The van der Waals surface area contributed by atoms with E-state index in [1.807, 2.05) is 0 Å². The van der Waals surface area contributed by atoms with Crippen molar-refractivity contribution in [2.45, 2.75) is 0 Å². The molecule has 0 unspecified atom stereocenters. The molecule has 0 saturated carbocycles. The van der Waals surface area contributed by atoms with E-state index in [4.69, 9.17) is 0 Å². The number of quaternary nitrogens is 1. The Bertz CT molecular complexity index is 44.9. The normalized spacial score (nSPS) is 7.40. The van der Waals surface area contributed by atoms with Crippen LogP contribution in [0.15, 0.2) is 0 Å². The molecule has 2 amide bonds. The zero-order valence-electron chi connectivity index (χ0n) is 2.47. The second-order valence-corrected chi connectivity index (χ2v) is 0.756. The lowest BCUT2D eigenvalue weighted by molar-refractivity contribution is -0.360. The lowest BCUT2D eigenvalue weighted by Gasteiger charge is -1.86. The Balaban J connectivity index is 2.85. The van der Waals surface area contributed by atoms with Gasteiger partial charge in [0.15, 0.2) is 0 Å². The van der Waals surface area contributed by atoms with Crippen molar-refractivity contribution in [2.24, 2.45) is 5.73 Å². The summed E-state index contributed by atoms with van der Waals surface area (Å²) in [6, 6.07) is -0.556. The van der Waals surface area contributed by atoms with Crippen LogP contribution in [0.5, 0.6) is 0 Å². The Kier molecular flexibility index (Phi) is 1.95. The van der Waals surface area contributed by atoms with E-state index in [0.717, 1.165) is 4.72 Å². The summed E-state index contributed by atoms with van der Waals surface area (Å²) in [5, 5.41) is 0. The smallest absolute Gasteiger partial charge is 0.392 e. The van der Waals surface area contributed by atoms with E-state index < -0.39 is 6.03 Å². The van der Waals surface area contributed by atoms with Crippen molar-refractivity contribution in [3.05, 3.63) is 0 Å². The molecule has 0 aromatic carbocycles. The van der Waals surface area contributed by atoms with Crippen LogP contribution in [0.3, 0.4) is 0 Å². The SMILES string of the molecule is NC(=O)[NH2+][S-]. The molecule has 0 rings (SSSR count). The molecule has 0 aromatic rings. The standard InChI is InChI=1S/CH4N2OS/c2-1(4)3-5/h3H2,(H2,2,4). The average Bonchev–Trinajstić information content (AvgIpc) is 1.38. The Morgan fingerprint density at radius 3 is 2.20 bits per heavy atom. The molecule has 0 heterocycles. The summed E-state index contributed by atoms with van der Waals surface area (Å²) in [6.45, 7) is 0.